The van der Waals surface area contributed by atoms with Gasteiger partial charge in [-0.2, -0.15) is 0 Å². The normalized spacial score (nSPS) is 18.1. The number of benzene rings is 2. The van der Waals surface area contributed by atoms with Gasteiger partial charge in [0.1, 0.15) is 17.7 Å². The van der Waals surface area contributed by atoms with Crippen molar-refractivity contribution in [3.05, 3.63) is 64.4 Å². The summed E-state index contributed by atoms with van der Waals surface area (Å²) in [7, 11) is 0. The second-order valence-electron chi connectivity index (χ2n) is 5.35. The van der Waals surface area contributed by atoms with Crippen LogP contribution in [0.25, 0.3) is 0 Å². The van der Waals surface area contributed by atoms with Crippen molar-refractivity contribution in [3.8, 4) is 5.75 Å². The second-order valence-corrected chi connectivity index (χ2v) is 5.78. The van der Waals surface area contributed by atoms with Crippen molar-refractivity contribution < 1.29 is 9.13 Å². The summed E-state index contributed by atoms with van der Waals surface area (Å²) < 4.78 is 19.6. The molecule has 1 aliphatic rings. The second kappa shape index (κ2) is 6.04. The highest BCUT2D eigenvalue weighted by atomic mass is 35.5. The summed E-state index contributed by atoms with van der Waals surface area (Å²) >= 11 is 5.98. The molecule has 2 nitrogen and oxygen atoms in total. The van der Waals surface area contributed by atoms with Crippen LogP contribution in [0.15, 0.2) is 42.5 Å². The first kappa shape index (κ1) is 14.4. The van der Waals surface area contributed by atoms with Gasteiger partial charge in [-0.15, -0.1) is 0 Å². The quantitative estimate of drug-likeness (QED) is 0.917. The van der Waals surface area contributed by atoms with Gasteiger partial charge in [0.05, 0.1) is 0 Å². The van der Waals surface area contributed by atoms with E-state index < -0.39 is 0 Å². The molecule has 1 N–H and O–H groups in total. The standard InChI is InChI=1S/C17H17ClFNO/c1-11(15-4-2-3-5-16(15)19)20-10-14-9-12-8-13(18)6-7-17(12)21-14/h2-8,11,14,20H,9-10H2,1H3/t11-,14?/m1/s1. The van der Waals surface area contributed by atoms with E-state index in [0.717, 1.165) is 22.8 Å². The Bertz CT molecular complexity index is 646. The first-order chi connectivity index (χ1) is 10.1. The lowest BCUT2D eigenvalue weighted by atomic mass is 10.1. The van der Waals surface area contributed by atoms with E-state index in [4.69, 9.17) is 16.3 Å². The summed E-state index contributed by atoms with van der Waals surface area (Å²) in [6.07, 6.45) is 0.889. The maximum atomic E-state index is 13.7. The molecule has 0 radical (unpaired) electrons. The molecular weight excluding hydrogens is 289 g/mol. The maximum absolute atomic E-state index is 13.7. The Morgan fingerprint density at radius 1 is 1.33 bits per heavy atom. The number of hydrogen-bond donors (Lipinski definition) is 1. The Morgan fingerprint density at radius 2 is 2.14 bits per heavy atom. The zero-order chi connectivity index (χ0) is 14.8. The average molecular weight is 306 g/mol. The van der Waals surface area contributed by atoms with Crippen LogP contribution in [-0.2, 0) is 6.42 Å². The van der Waals surface area contributed by atoms with Gasteiger partial charge in [0, 0.05) is 29.6 Å². The third kappa shape index (κ3) is 3.20. The Morgan fingerprint density at radius 3 is 2.95 bits per heavy atom. The van der Waals surface area contributed by atoms with Crippen molar-refractivity contribution >= 4 is 11.6 Å². The minimum atomic E-state index is -0.181. The van der Waals surface area contributed by atoms with Gasteiger partial charge in [0.2, 0.25) is 0 Å². The van der Waals surface area contributed by atoms with Crippen LogP contribution < -0.4 is 10.1 Å². The fourth-order valence-corrected chi connectivity index (χ4v) is 2.84. The van der Waals surface area contributed by atoms with E-state index in [1.807, 2.05) is 31.2 Å². The van der Waals surface area contributed by atoms with Crippen molar-refractivity contribution in [1.29, 1.82) is 0 Å². The maximum Gasteiger partial charge on any atom is 0.127 e. The molecule has 0 saturated heterocycles. The van der Waals surface area contributed by atoms with E-state index in [-0.39, 0.29) is 18.0 Å². The molecule has 1 aliphatic heterocycles. The summed E-state index contributed by atoms with van der Waals surface area (Å²) in [6.45, 7) is 2.62. The van der Waals surface area contributed by atoms with Crippen LogP contribution in [0.2, 0.25) is 5.02 Å². The van der Waals surface area contributed by atoms with Crippen LogP contribution in [0.5, 0.6) is 5.75 Å². The van der Waals surface area contributed by atoms with Crippen molar-refractivity contribution in [1.82, 2.24) is 5.32 Å². The molecule has 0 spiro atoms. The van der Waals surface area contributed by atoms with Crippen molar-refractivity contribution in [2.45, 2.75) is 25.5 Å². The predicted octanol–water partition coefficient (Wildman–Crippen LogP) is 4.13. The molecule has 21 heavy (non-hydrogen) atoms. The van der Waals surface area contributed by atoms with Crippen molar-refractivity contribution in [2.75, 3.05) is 6.54 Å². The van der Waals surface area contributed by atoms with Gasteiger partial charge < -0.3 is 10.1 Å². The lowest BCUT2D eigenvalue weighted by molar-refractivity contribution is 0.222. The molecule has 0 amide bonds. The lowest BCUT2D eigenvalue weighted by Gasteiger charge is -2.18. The molecule has 0 aromatic heterocycles. The smallest absolute Gasteiger partial charge is 0.127 e. The summed E-state index contributed by atoms with van der Waals surface area (Å²) in [4.78, 5) is 0. The molecule has 2 atom stereocenters. The fraction of sp³-hybridized carbons (Fsp3) is 0.294. The van der Waals surface area contributed by atoms with Crippen LogP contribution in [0.3, 0.4) is 0 Å². The van der Waals surface area contributed by atoms with Crippen molar-refractivity contribution in [2.24, 2.45) is 0 Å². The highest BCUT2D eigenvalue weighted by Gasteiger charge is 2.23. The third-order valence-electron chi connectivity index (χ3n) is 3.79. The predicted molar refractivity (Wildman–Crippen MR) is 82.4 cm³/mol. The van der Waals surface area contributed by atoms with E-state index in [1.54, 1.807) is 12.1 Å². The van der Waals surface area contributed by atoms with Gasteiger partial charge >= 0.3 is 0 Å². The molecule has 110 valence electrons. The average Bonchev–Trinajstić information content (AvgIpc) is 2.87. The van der Waals surface area contributed by atoms with Crippen LogP contribution in [-0.4, -0.2) is 12.6 Å². The van der Waals surface area contributed by atoms with Crippen LogP contribution >= 0.6 is 11.6 Å². The topological polar surface area (TPSA) is 21.3 Å². The molecule has 2 aromatic rings. The monoisotopic (exact) mass is 305 g/mol. The number of fused-ring (bicyclic) bond motifs is 1. The Hall–Kier alpha value is -1.58. The van der Waals surface area contributed by atoms with Crippen LogP contribution in [0.1, 0.15) is 24.1 Å². The van der Waals surface area contributed by atoms with Gasteiger partial charge in [-0.3, -0.25) is 0 Å². The SMILES string of the molecule is C[C@@H](NCC1Cc2cc(Cl)ccc2O1)c1ccccc1F. The molecule has 0 fully saturated rings. The van der Waals surface area contributed by atoms with E-state index >= 15 is 0 Å². The summed E-state index contributed by atoms with van der Waals surface area (Å²) in [6, 6.07) is 12.5. The first-order valence-electron chi connectivity index (χ1n) is 7.06. The van der Waals surface area contributed by atoms with Gasteiger partial charge in [0.25, 0.3) is 0 Å². The number of nitrogens with one attached hydrogen (secondary N) is 1. The van der Waals surface area contributed by atoms with E-state index in [2.05, 4.69) is 5.32 Å². The molecule has 4 heteroatoms. The van der Waals surface area contributed by atoms with E-state index in [9.17, 15) is 4.39 Å². The largest absolute Gasteiger partial charge is 0.488 e. The summed E-state index contributed by atoms with van der Waals surface area (Å²) in [5.41, 5.74) is 1.81. The highest BCUT2D eigenvalue weighted by molar-refractivity contribution is 6.30. The molecule has 2 aromatic carbocycles. The molecule has 1 unspecified atom stereocenters. The molecular formula is C17H17ClFNO. The van der Waals surface area contributed by atoms with Gasteiger partial charge in [-0.25, -0.2) is 4.39 Å². The van der Waals surface area contributed by atoms with E-state index in [1.165, 1.54) is 6.07 Å². The minimum Gasteiger partial charge on any atom is -0.488 e. The zero-order valence-corrected chi connectivity index (χ0v) is 12.5. The molecule has 3 rings (SSSR count). The third-order valence-corrected chi connectivity index (χ3v) is 4.02. The number of halogens is 2. The number of hydrogen-bond acceptors (Lipinski definition) is 2. The first-order valence-corrected chi connectivity index (χ1v) is 7.44. The summed E-state index contributed by atoms with van der Waals surface area (Å²) in [5.74, 6) is 0.713. The van der Waals surface area contributed by atoms with Gasteiger partial charge in [0.15, 0.2) is 0 Å². The van der Waals surface area contributed by atoms with Crippen LogP contribution in [0, 0.1) is 5.82 Å². The Labute approximate surface area is 128 Å². The zero-order valence-electron chi connectivity index (χ0n) is 11.8. The molecule has 0 aliphatic carbocycles. The summed E-state index contributed by atoms with van der Waals surface area (Å²) in [5, 5.41) is 4.06. The van der Waals surface area contributed by atoms with Gasteiger partial charge in [-0.1, -0.05) is 29.8 Å². The minimum absolute atomic E-state index is 0.0536. The lowest BCUT2D eigenvalue weighted by Crippen LogP contribution is -2.32. The van der Waals surface area contributed by atoms with Crippen molar-refractivity contribution in [3.63, 3.8) is 0 Å². The van der Waals surface area contributed by atoms with Gasteiger partial charge in [-0.05, 0) is 36.8 Å². The molecule has 0 saturated carbocycles. The highest BCUT2D eigenvalue weighted by Crippen LogP contribution is 2.31. The molecule has 0 bridgehead atoms. The Kier molecular flexibility index (Phi) is 4.13. The van der Waals surface area contributed by atoms with Crippen LogP contribution in [0.4, 0.5) is 4.39 Å². The molecule has 1 heterocycles. The van der Waals surface area contributed by atoms with E-state index in [0.29, 0.717) is 12.1 Å². The number of rotatable bonds is 4. The number of ether oxygens (including phenoxy) is 1. The fourth-order valence-electron chi connectivity index (χ4n) is 2.65. The Balaban J connectivity index is 1.59.